The fraction of sp³-hybridized carbons (Fsp3) is 0.308. The van der Waals surface area contributed by atoms with Crippen LogP contribution in [-0.2, 0) is 7.05 Å². The molecule has 0 amide bonds. The van der Waals surface area contributed by atoms with Gasteiger partial charge in [0.25, 0.3) is 0 Å². The van der Waals surface area contributed by atoms with E-state index >= 15 is 0 Å². The van der Waals surface area contributed by atoms with Crippen molar-refractivity contribution in [3.63, 3.8) is 0 Å². The van der Waals surface area contributed by atoms with E-state index in [1.807, 2.05) is 44.4 Å². The number of likely N-dealkylation sites (tertiary alicyclic amines) is 1. The maximum Gasteiger partial charge on any atom is 0.408 e. The Labute approximate surface area is 234 Å². The molecular weight excluding hydrogens is 552 g/mol. The summed E-state index contributed by atoms with van der Waals surface area (Å²) in [5.74, 6) is 0.379. The van der Waals surface area contributed by atoms with Crippen LogP contribution in [0.4, 0.5) is 13.2 Å². The molecular formula is C26H27Cl2F3N8. The first-order valence-electron chi connectivity index (χ1n) is 12.0. The molecule has 0 saturated carbocycles. The van der Waals surface area contributed by atoms with Gasteiger partial charge in [0.1, 0.15) is 11.7 Å². The van der Waals surface area contributed by atoms with E-state index in [9.17, 15) is 13.2 Å². The van der Waals surface area contributed by atoms with Crippen LogP contribution in [0.25, 0.3) is 39.2 Å². The first kappa shape index (κ1) is 28.8. The first-order valence-corrected chi connectivity index (χ1v) is 12.0. The number of halogens is 5. The molecule has 5 heterocycles. The molecule has 0 bridgehead atoms. The van der Waals surface area contributed by atoms with Gasteiger partial charge in [-0.25, -0.2) is 4.98 Å². The number of hydrogen-bond donors (Lipinski definition) is 1. The van der Waals surface area contributed by atoms with Crippen molar-refractivity contribution in [1.82, 2.24) is 34.3 Å². The maximum atomic E-state index is 14.2. The Balaban J connectivity index is 0.00000176. The van der Waals surface area contributed by atoms with E-state index < -0.39 is 12.2 Å². The zero-order valence-electron chi connectivity index (χ0n) is 21.1. The van der Waals surface area contributed by atoms with E-state index in [2.05, 4.69) is 15.3 Å². The quantitative estimate of drug-likeness (QED) is 0.318. The fourth-order valence-electron chi connectivity index (χ4n) is 5.23. The number of alkyl halides is 3. The molecule has 6 rings (SSSR count). The van der Waals surface area contributed by atoms with Gasteiger partial charge in [0, 0.05) is 49.5 Å². The van der Waals surface area contributed by atoms with Gasteiger partial charge in [-0.05, 0) is 42.2 Å². The van der Waals surface area contributed by atoms with Crippen molar-refractivity contribution in [3.05, 3.63) is 66.1 Å². The molecule has 1 unspecified atom stereocenters. The van der Waals surface area contributed by atoms with Crippen LogP contribution in [0.15, 0.2) is 55.0 Å². The lowest BCUT2D eigenvalue weighted by Crippen LogP contribution is -2.38. The highest BCUT2D eigenvalue weighted by Crippen LogP contribution is 2.39. The first-order chi connectivity index (χ1) is 17.7. The molecule has 13 heteroatoms. The van der Waals surface area contributed by atoms with Gasteiger partial charge in [-0.1, -0.05) is 24.3 Å². The molecule has 206 valence electrons. The summed E-state index contributed by atoms with van der Waals surface area (Å²) in [5.41, 5.74) is 10.8. The Morgan fingerprint density at radius 1 is 1.03 bits per heavy atom. The van der Waals surface area contributed by atoms with Crippen LogP contribution in [0.1, 0.15) is 23.6 Å². The zero-order valence-corrected chi connectivity index (χ0v) is 22.8. The van der Waals surface area contributed by atoms with Crippen molar-refractivity contribution in [2.75, 3.05) is 13.1 Å². The summed E-state index contributed by atoms with van der Waals surface area (Å²) in [4.78, 5) is 6.27. The smallest absolute Gasteiger partial charge is 0.326 e. The topological polar surface area (TPSA) is 90.2 Å². The van der Waals surface area contributed by atoms with E-state index in [4.69, 9.17) is 10.7 Å². The summed E-state index contributed by atoms with van der Waals surface area (Å²) in [7, 11) is 1.86. The number of hydrogen-bond acceptors (Lipinski definition) is 6. The monoisotopic (exact) mass is 578 g/mol. The van der Waals surface area contributed by atoms with Gasteiger partial charge in [-0.2, -0.15) is 18.3 Å². The third-order valence-electron chi connectivity index (χ3n) is 7.03. The van der Waals surface area contributed by atoms with Crippen LogP contribution in [0.5, 0.6) is 0 Å². The highest BCUT2D eigenvalue weighted by atomic mass is 35.5. The van der Waals surface area contributed by atoms with Crippen LogP contribution in [0, 0.1) is 6.92 Å². The predicted molar refractivity (Wildman–Crippen MR) is 148 cm³/mol. The second-order valence-electron chi connectivity index (χ2n) is 9.61. The SMILES string of the molecule is Cc1c(-c2cnn(C)c2)ccc2ccc(-c3nnc4ccc([C@@H](N5CCC(N)C5)C(F)(F)F)cn34)nc12.Cl.Cl. The minimum atomic E-state index is -4.45. The lowest BCUT2D eigenvalue weighted by atomic mass is 10.00. The summed E-state index contributed by atoms with van der Waals surface area (Å²) < 4.78 is 45.9. The highest BCUT2D eigenvalue weighted by Gasteiger charge is 2.46. The van der Waals surface area contributed by atoms with Crippen molar-refractivity contribution >= 4 is 41.4 Å². The van der Waals surface area contributed by atoms with E-state index in [0.29, 0.717) is 30.1 Å². The van der Waals surface area contributed by atoms with Crippen LogP contribution in [-0.4, -0.2) is 59.6 Å². The van der Waals surface area contributed by atoms with Gasteiger partial charge >= 0.3 is 6.18 Å². The van der Waals surface area contributed by atoms with E-state index in [0.717, 1.165) is 27.6 Å². The lowest BCUT2D eigenvalue weighted by molar-refractivity contribution is -0.183. The van der Waals surface area contributed by atoms with Crippen LogP contribution >= 0.6 is 24.8 Å². The predicted octanol–water partition coefficient (Wildman–Crippen LogP) is 5.13. The molecule has 1 saturated heterocycles. The Morgan fingerprint density at radius 2 is 1.79 bits per heavy atom. The van der Waals surface area contributed by atoms with Crippen LogP contribution < -0.4 is 5.73 Å². The molecule has 39 heavy (non-hydrogen) atoms. The van der Waals surface area contributed by atoms with Gasteiger partial charge in [0.15, 0.2) is 11.5 Å². The average Bonchev–Trinajstić information content (AvgIpc) is 3.58. The minimum absolute atomic E-state index is 0. The standard InChI is InChI=1S/C26H25F3N8.2ClH/c1-15-20(18-11-31-35(2)12-18)6-3-16-4-7-21(32-23(15)16)25-34-33-22-8-5-17(13-37(22)25)24(26(27,28)29)36-10-9-19(30)14-36;;/h3-8,11-13,19,24H,9-10,14,30H2,1-2H3;2*1H/t19?,24-;;/m1../s1. The number of fused-ring (bicyclic) bond motifs is 2. The van der Waals surface area contributed by atoms with E-state index in [-0.39, 0.29) is 43.0 Å². The summed E-state index contributed by atoms with van der Waals surface area (Å²) in [5, 5.41) is 13.7. The van der Waals surface area contributed by atoms with Crippen molar-refractivity contribution in [3.8, 4) is 22.6 Å². The molecule has 4 aromatic heterocycles. The van der Waals surface area contributed by atoms with Crippen molar-refractivity contribution < 1.29 is 13.2 Å². The number of aromatic nitrogens is 6. The average molecular weight is 579 g/mol. The van der Waals surface area contributed by atoms with Gasteiger partial charge < -0.3 is 5.73 Å². The molecule has 8 nitrogen and oxygen atoms in total. The molecule has 2 atom stereocenters. The lowest BCUT2D eigenvalue weighted by Gasteiger charge is -2.30. The second-order valence-corrected chi connectivity index (χ2v) is 9.61. The molecule has 0 spiro atoms. The molecule has 0 radical (unpaired) electrons. The zero-order chi connectivity index (χ0) is 25.9. The third kappa shape index (κ3) is 5.19. The maximum absolute atomic E-state index is 14.2. The van der Waals surface area contributed by atoms with Gasteiger partial charge in [0.05, 0.1) is 11.7 Å². The summed E-state index contributed by atoms with van der Waals surface area (Å²) in [6.07, 6.45) is 1.30. The Bertz CT molecular complexity index is 1630. The molecule has 5 aromatic rings. The van der Waals surface area contributed by atoms with Crippen molar-refractivity contribution in [1.29, 1.82) is 0 Å². The number of benzene rings is 1. The molecule has 1 aliphatic heterocycles. The molecule has 0 aliphatic carbocycles. The molecule has 1 aromatic carbocycles. The summed E-state index contributed by atoms with van der Waals surface area (Å²) in [6.45, 7) is 2.49. The Hall–Kier alpha value is -3.25. The number of nitrogens with zero attached hydrogens (tertiary/aromatic N) is 7. The molecule has 1 aliphatic rings. The highest BCUT2D eigenvalue weighted by molar-refractivity contribution is 5.89. The van der Waals surface area contributed by atoms with Crippen LogP contribution in [0.2, 0.25) is 0 Å². The summed E-state index contributed by atoms with van der Waals surface area (Å²) in [6, 6.07) is 8.80. The summed E-state index contributed by atoms with van der Waals surface area (Å²) >= 11 is 0. The van der Waals surface area contributed by atoms with Crippen LogP contribution in [0.3, 0.4) is 0 Å². The molecule has 1 fully saturated rings. The number of nitrogens with two attached hydrogens (primary N) is 1. The molecule has 2 N–H and O–H groups in total. The van der Waals surface area contributed by atoms with Crippen molar-refractivity contribution in [2.24, 2.45) is 12.8 Å². The second kappa shape index (κ2) is 10.7. The largest absolute Gasteiger partial charge is 0.408 e. The van der Waals surface area contributed by atoms with Gasteiger partial charge in [0.2, 0.25) is 0 Å². The fourth-order valence-corrected chi connectivity index (χ4v) is 5.23. The van der Waals surface area contributed by atoms with Crippen molar-refractivity contribution in [2.45, 2.75) is 31.6 Å². The Morgan fingerprint density at radius 3 is 2.46 bits per heavy atom. The van der Waals surface area contributed by atoms with Gasteiger partial charge in [-0.3, -0.25) is 14.0 Å². The number of pyridine rings is 2. The van der Waals surface area contributed by atoms with E-state index in [1.54, 1.807) is 21.3 Å². The minimum Gasteiger partial charge on any atom is -0.326 e. The van der Waals surface area contributed by atoms with Gasteiger partial charge in [-0.15, -0.1) is 35.0 Å². The Kier molecular flexibility index (Phi) is 7.91. The van der Waals surface area contributed by atoms with E-state index in [1.165, 1.54) is 17.2 Å². The normalized spacial score (nSPS) is 16.8. The number of aryl methyl sites for hydroxylation is 2. The third-order valence-corrected chi connectivity index (χ3v) is 7.03. The number of rotatable bonds is 4.